The number of rotatable bonds is 4. The maximum absolute atomic E-state index is 11.5. The largest absolute Gasteiger partial charge is 0.368 e. The van der Waals surface area contributed by atoms with Gasteiger partial charge in [0, 0.05) is 63.8 Å². The number of carbonyl (C=O) groups is 1. The summed E-state index contributed by atoms with van der Waals surface area (Å²) in [5, 5.41) is 7.30. The van der Waals surface area contributed by atoms with Crippen molar-refractivity contribution in [3.63, 3.8) is 0 Å². The van der Waals surface area contributed by atoms with E-state index >= 15 is 0 Å². The highest BCUT2D eigenvalue weighted by Gasteiger charge is 2.18. The van der Waals surface area contributed by atoms with Gasteiger partial charge in [-0.2, -0.15) is 5.10 Å². The van der Waals surface area contributed by atoms with E-state index in [1.54, 1.807) is 24.0 Å². The average Bonchev–Trinajstić information content (AvgIpc) is 3.13. The number of benzene rings is 1. The lowest BCUT2D eigenvalue weighted by atomic mass is 10.1. The molecule has 1 aliphatic rings. The molecule has 1 amide bonds. The van der Waals surface area contributed by atoms with E-state index in [1.165, 1.54) is 0 Å². The van der Waals surface area contributed by atoms with Gasteiger partial charge in [0.2, 0.25) is 11.9 Å². The molecule has 144 valence electrons. The number of piperazine rings is 1. The normalized spacial score (nSPS) is 14.2. The number of nitrogens with zero attached hydrogens (tertiary/aromatic N) is 6. The van der Waals surface area contributed by atoms with Crippen LogP contribution in [0.2, 0.25) is 0 Å². The van der Waals surface area contributed by atoms with Gasteiger partial charge in [-0.25, -0.2) is 9.97 Å². The number of hydrogen-bond acceptors (Lipinski definition) is 6. The van der Waals surface area contributed by atoms with E-state index in [0.717, 1.165) is 48.8 Å². The smallest absolute Gasteiger partial charge is 0.227 e. The molecule has 8 nitrogen and oxygen atoms in total. The van der Waals surface area contributed by atoms with Crippen LogP contribution in [0.4, 0.5) is 17.3 Å². The maximum Gasteiger partial charge on any atom is 0.227 e. The summed E-state index contributed by atoms with van der Waals surface area (Å²) in [5.74, 6) is 0.685. The van der Waals surface area contributed by atoms with Crippen molar-refractivity contribution in [2.45, 2.75) is 6.92 Å². The minimum absolute atomic E-state index is 0.148. The maximum atomic E-state index is 11.5. The summed E-state index contributed by atoms with van der Waals surface area (Å²) in [5.41, 5.74) is 3.89. The van der Waals surface area contributed by atoms with Crippen molar-refractivity contribution < 1.29 is 4.79 Å². The van der Waals surface area contributed by atoms with Crippen molar-refractivity contribution >= 4 is 23.2 Å². The minimum Gasteiger partial charge on any atom is -0.368 e. The van der Waals surface area contributed by atoms with Crippen LogP contribution in [0.25, 0.3) is 11.3 Å². The number of amides is 1. The first-order valence-corrected chi connectivity index (χ1v) is 9.28. The zero-order valence-corrected chi connectivity index (χ0v) is 16.0. The van der Waals surface area contributed by atoms with Gasteiger partial charge in [-0.1, -0.05) is 12.1 Å². The fourth-order valence-electron chi connectivity index (χ4n) is 3.32. The first-order valence-electron chi connectivity index (χ1n) is 9.28. The van der Waals surface area contributed by atoms with Crippen molar-refractivity contribution in [1.82, 2.24) is 24.6 Å². The summed E-state index contributed by atoms with van der Waals surface area (Å²) in [7, 11) is 1.87. The van der Waals surface area contributed by atoms with Gasteiger partial charge in [0.1, 0.15) is 0 Å². The number of aryl methyl sites for hydroxylation is 1. The third-order valence-electron chi connectivity index (χ3n) is 4.87. The van der Waals surface area contributed by atoms with Crippen molar-refractivity contribution in [2.75, 3.05) is 36.4 Å². The standard InChI is InChI=1S/C20H23N7O/c1-15(28)26-9-11-27(12-10-26)18-5-3-16(4-6-18)19-7-8-21-20(24-19)23-17-13-22-25(2)14-17/h3-8,13-14H,9-12H2,1-2H3,(H,21,23,24). The predicted octanol–water partition coefficient (Wildman–Crippen LogP) is 2.29. The zero-order chi connectivity index (χ0) is 19.5. The van der Waals surface area contributed by atoms with Gasteiger partial charge in [0.05, 0.1) is 17.6 Å². The average molecular weight is 377 g/mol. The molecule has 0 spiro atoms. The third kappa shape index (κ3) is 3.95. The van der Waals surface area contributed by atoms with Crippen LogP contribution < -0.4 is 10.2 Å². The van der Waals surface area contributed by atoms with Crippen LogP contribution >= 0.6 is 0 Å². The minimum atomic E-state index is 0.148. The molecule has 0 atom stereocenters. The molecular formula is C20H23N7O. The molecule has 2 aromatic heterocycles. The Morgan fingerprint density at radius 2 is 1.82 bits per heavy atom. The van der Waals surface area contributed by atoms with Gasteiger partial charge >= 0.3 is 0 Å². The molecule has 0 unspecified atom stereocenters. The van der Waals surface area contributed by atoms with Gasteiger partial charge in [0.15, 0.2) is 0 Å². The molecule has 1 saturated heterocycles. The van der Waals surface area contributed by atoms with E-state index in [1.807, 2.05) is 24.2 Å². The molecular weight excluding hydrogens is 354 g/mol. The molecule has 0 saturated carbocycles. The molecule has 0 bridgehead atoms. The molecule has 1 aliphatic heterocycles. The molecule has 1 N–H and O–H groups in total. The lowest BCUT2D eigenvalue weighted by Gasteiger charge is -2.35. The second-order valence-electron chi connectivity index (χ2n) is 6.83. The summed E-state index contributed by atoms with van der Waals surface area (Å²) in [6.07, 6.45) is 5.35. The second kappa shape index (κ2) is 7.67. The van der Waals surface area contributed by atoms with Gasteiger partial charge in [-0.05, 0) is 18.2 Å². The molecule has 0 aliphatic carbocycles. The third-order valence-corrected chi connectivity index (χ3v) is 4.87. The Hall–Kier alpha value is -3.42. The van der Waals surface area contributed by atoms with Crippen LogP contribution in [0.1, 0.15) is 6.92 Å². The molecule has 1 fully saturated rings. The van der Waals surface area contributed by atoms with Crippen molar-refractivity contribution in [3.05, 3.63) is 48.9 Å². The van der Waals surface area contributed by atoms with Crippen molar-refractivity contribution in [1.29, 1.82) is 0 Å². The summed E-state index contributed by atoms with van der Waals surface area (Å²) in [4.78, 5) is 24.6. The van der Waals surface area contributed by atoms with Gasteiger partial charge in [-0.15, -0.1) is 0 Å². The van der Waals surface area contributed by atoms with E-state index in [0.29, 0.717) is 5.95 Å². The monoisotopic (exact) mass is 377 g/mol. The van der Waals surface area contributed by atoms with Crippen LogP contribution in [0.5, 0.6) is 0 Å². The Bertz CT molecular complexity index is 959. The van der Waals surface area contributed by atoms with Crippen LogP contribution in [-0.2, 0) is 11.8 Å². The van der Waals surface area contributed by atoms with Crippen LogP contribution in [0, 0.1) is 0 Å². The number of nitrogens with one attached hydrogen (secondary N) is 1. The lowest BCUT2D eigenvalue weighted by Crippen LogP contribution is -2.48. The highest BCUT2D eigenvalue weighted by molar-refractivity contribution is 5.73. The zero-order valence-electron chi connectivity index (χ0n) is 16.0. The van der Waals surface area contributed by atoms with E-state index in [9.17, 15) is 4.79 Å². The summed E-state index contributed by atoms with van der Waals surface area (Å²) < 4.78 is 1.72. The quantitative estimate of drug-likeness (QED) is 0.752. The van der Waals surface area contributed by atoms with Crippen LogP contribution in [0.3, 0.4) is 0 Å². The first-order chi connectivity index (χ1) is 13.6. The Morgan fingerprint density at radius 3 is 2.46 bits per heavy atom. The number of hydrogen-bond donors (Lipinski definition) is 1. The van der Waals surface area contributed by atoms with E-state index < -0.39 is 0 Å². The van der Waals surface area contributed by atoms with Crippen LogP contribution in [0.15, 0.2) is 48.9 Å². The Kier molecular flexibility index (Phi) is 4.92. The van der Waals surface area contributed by atoms with Gasteiger partial charge < -0.3 is 15.1 Å². The Morgan fingerprint density at radius 1 is 1.07 bits per heavy atom. The molecule has 3 heterocycles. The van der Waals surface area contributed by atoms with Crippen molar-refractivity contribution in [2.24, 2.45) is 7.05 Å². The van der Waals surface area contributed by atoms with E-state index in [4.69, 9.17) is 0 Å². The number of anilines is 3. The van der Waals surface area contributed by atoms with Gasteiger partial charge in [-0.3, -0.25) is 9.48 Å². The van der Waals surface area contributed by atoms with Crippen LogP contribution in [-0.4, -0.2) is 56.7 Å². The topological polar surface area (TPSA) is 79.2 Å². The highest BCUT2D eigenvalue weighted by Crippen LogP contribution is 2.24. The Labute approximate surface area is 163 Å². The molecule has 4 rings (SSSR count). The fraction of sp³-hybridized carbons (Fsp3) is 0.300. The van der Waals surface area contributed by atoms with E-state index in [-0.39, 0.29) is 5.91 Å². The number of aromatic nitrogens is 4. The van der Waals surface area contributed by atoms with Crippen molar-refractivity contribution in [3.8, 4) is 11.3 Å². The summed E-state index contributed by atoms with van der Waals surface area (Å²) >= 11 is 0. The SMILES string of the molecule is CC(=O)N1CCN(c2ccc(-c3ccnc(Nc4cnn(C)c4)n3)cc2)CC1. The predicted molar refractivity (Wildman–Crippen MR) is 108 cm³/mol. The molecule has 8 heteroatoms. The lowest BCUT2D eigenvalue weighted by molar-refractivity contribution is -0.129. The molecule has 1 aromatic carbocycles. The Balaban J connectivity index is 1.45. The number of carbonyl (C=O) groups excluding carboxylic acids is 1. The molecule has 3 aromatic rings. The summed E-state index contributed by atoms with van der Waals surface area (Å²) in [6, 6.07) is 10.3. The molecule has 28 heavy (non-hydrogen) atoms. The fourth-order valence-corrected chi connectivity index (χ4v) is 3.32. The van der Waals surface area contributed by atoms with E-state index in [2.05, 4.69) is 49.5 Å². The van der Waals surface area contributed by atoms with Gasteiger partial charge in [0.25, 0.3) is 0 Å². The first kappa shape index (κ1) is 18.0. The second-order valence-corrected chi connectivity index (χ2v) is 6.83. The molecule has 0 radical (unpaired) electrons. The highest BCUT2D eigenvalue weighted by atomic mass is 16.2. The summed E-state index contributed by atoms with van der Waals surface area (Å²) in [6.45, 7) is 4.87.